The van der Waals surface area contributed by atoms with E-state index in [0.717, 1.165) is 22.7 Å². The zero-order valence-electron chi connectivity index (χ0n) is 15.2. The number of anilines is 1. The van der Waals surface area contributed by atoms with Crippen LogP contribution in [0.3, 0.4) is 0 Å². The lowest BCUT2D eigenvalue weighted by atomic mass is 10.1. The van der Waals surface area contributed by atoms with Crippen LogP contribution in [0.4, 0.5) is 5.69 Å². The Balaban J connectivity index is 1.94. The third kappa shape index (κ3) is 5.23. The van der Waals surface area contributed by atoms with Crippen molar-refractivity contribution < 1.29 is 17.9 Å². The van der Waals surface area contributed by atoms with E-state index in [9.17, 15) is 13.2 Å². The van der Waals surface area contributed by atoms with E-state index in [1.807, 2.05) is 24.3 Å². The quantitative estimate of drug-likeness (QED) is 0.718. The molecule has 7 heteroatoms. The summed E-state index contributed by atoms with van der Waals surface area (Å²) in [6, 6.07) is 14.4. The number of nitrogens with zero attached hydrogens (tertiary/aromatic N) is 1. The number of aryl methyl sites for hydroxylation is 1. The van der Waals surface area contributed by atoms with Crippen molar-refractivity contribution in [3.05, 3.63) is 59.7 Å². The van der Waals surface area contributed by atoms with Gasteiger partial charge in [-0.05, 0) is 36.2 Å². The van der Waals surface area contributed by atoms with Crippen LogP contribution in [0.5, 0.6) is 5.75 Å². The normalized spacial score (nSPS) is 11.0. The van der Waals surface area contributed by atoms with Crippen molar-refractivity contribution in [2.24, 2.45) is 0 Å². The van der Waals surface area contributed by atoms with Crippen LogP contribution < -0.4 is 14.4 Å². The van der Waals surface area contributed by atoms with E-state index in [1.54, 1.807) is 24.3 Å². The molecule has 1 N–H and O–H groups in total. The third-order valence-electron chi connectivity index (χ3n) is 3.97. The van der Waals surface area contributed by atoms with Crippen LogP contribution in [-0.4, -0.2) is 40.8 Å². The van der Waals surface area contributed by atoms with Gasteiger partial charge in [0.15, 0.2) is 0 Å². The molecule has 0 bridgehead atoms. The Morgan fingerprint density at radius 3 is 2.38 bits per heavy atom. The molecular weight excluding hydrogens is 352 g/mol. The molecule has 0 aliphatic carbocycles. The van der Waals surface area contributed by atoms with Crippen molar-refractivity contribution in [2.45, 2.75) is 13.3 Å². The average Bonchev–Trinajstić information content (AvgIpc) is 2.64. The summed E-state index contributed by atoms with van der Waals surface area (Å²) in [5.74, 6) is 0.398. The molecule has 6 nitrogen and oxygen atoms in total. The molecule has 0 unspecified atom stereocenters. The number of hydrogen-bond donors (Lipinski definition) is 1. The topological polar surface area (TPSA) is 75.7 Å². The minimum atomic E-state index is -3.45. The van der Waals surface area contributed by atoms with Crippen molar-refractivity contribution in [2.75, 3.05) is 30.8 Å². The minimum Gasteiger partial charge on any atom is -0.492 e. The van der Waals surface area contributed by atoms with Gasteiger partial charge in [-0.25, -0.2) is 8.42 Å². The van der Waals surface area contributed by atoms with Crippen molar-refractivity contribution in [1.29, 1.82) is 0 Å². The van der Waals surface area contributed by atoms with Crippen molar-refractivity contribution in [1.82, 2.24) is 5.32 Å². The Morgan fingerprint density at radius 1 is 1.12 bits per heavy atom. The third-order valence-corrected chi connectivity index (χ3v) is 5.16. The van der Waals surface area contributed by atoms with E-state index < -0.39 is 10.0 Å². The van der Waals surface area contributed by atoms with Gasteiger partial charge < -0.3 is 10.1 Å². The summed E-state index contributed by atoms with van der Waals surface area (Å²) in [7, 11) is -2.03. The maximum absolute atomic E-state index is 12.4. The number of rotatable bonds is 8. The van der Waals surface area contributed by atoms with Gasteiger partial charge in [-0.1, -0.05) is 31.2 Å². The van der Waals surface area contributed by atoms with Crippen LogP contribution in [0, 0.1) is 0 Å². The summed E-state index contributed by atoms with van der Waals surface area (Å²) in [6.07, 6.45) is 2.07. The number of ether oxygens (including phenoxy) is 1. The fourth-order valence-electron chi connectivity index (χ4n) is 2.37. The number of para-hydroxylation sites is 1. The van der Waals surface area contributed by atoms with Gasteiger partial charge in [0.25, 0.3) is 5.91 Å². The first-order valence-electron chi connectivity index (χ1n) is 8.35. The number of benzene rings is 2. The van der Waals surface area contributed by atoms with Crippen molar-refractivity contribution in [3.8, 4) is 5.75 Å². The molecule has 0 saturated carbocycles. The molecule has 140 valence electrons. The molecule has 0 radical (unpaired) electrons. The molecule has 0 fully saturated rings. The number of carbonyl (C=O) groups is 1. The molecule has 0 aromatic heterocycles. The molecule has 2 aromatic carbocycles. The van der Waals surface area contributed by atoms with E-state index >= 15 is 0 Å². The SMILES string of the molecule is CCc1ccc(OCCNC(=O)c2ccccc2N(C)S(C)(=O)=O)cc1. The molecule has 2 rings (SSSR count). The summed E-state index contributed by atoms with van der Waals surface area (Å²) in [5, 5.41) is 2.75. The van der Waals surface area contributed by atoms with Gasteiger partial charge in [-0.3, -0.25) is 9.10 Å². The molecule has 1 amide bonds. The van der Waals surface area contributed by atoms with Gasteiger partial charge in [0.05, 0.1) is 24.1 Å². The van der Waals surface area contributed by atoms with Crippen LogP contribution in [-0.2, 0) is 16.4 Å². The number of hydrogen-bond acceptors (Lipinski definition) is 4. The zero-order valence-corrected chi connectivity index (χ0v) is 16.0. The highest BCUT2D eigenvalue weighted by Crippen LogP contribution is 2.21. The molecule has 0 saturated heterocycles. The molecule has 0 aliphatic rings. The summed E-state index contributed by atoms with van der Waals surface area (Å²) < 4.78 is 30.2. The molecule has 2 aromatic rings. The fourth-order valence-corrected chi connectivity index (χ4v) is 2.89. The Morgan fingerprint density at radius 2 is 1.77 bits per heavy atom. The molecular formula is C19H24N2O4S. The first-order chi connectivity index (χ1) is 12.3. The largest absolute Gasteiger partial charge is 0.492 e. The van der Waals surface area contributed by atoms with Gasteiger partial charge >= 0.3 is 0 Å². The maximum Gasteiger partial charge on any atom is 0.253 e. The Kier molecular flexibility index (Phi) is 6.63. The lowest BCUT2D eigenvalue weighted by Gasteiger charge is -2.19. The van der Waals surface area contributed by atoms with Crippen LogP contribution in [0.1, 0.15) is 22.8 Å². The lowest BCUT2D eigenvalue weighted by Crippen LogP contribution is -2.31. The predicted octanol–water partition coefficient (Wildman–Crippen LogP) is 2.45. The zero-order chi connectivity index (χ0) is 19.2. The highest BCUT2D eigenvalue weighted by Gasteiger charge is 2.19. The van der Waals surface area contributed by atoms with Gasteiger partial charge in [-0.15, -0.1) is 0 Å². The molecule has 0 heterocycles. The summed E-state index contributed by atoms with van der Waals surface area (Å²) in [5.41, 5.74) is 1.87. The summed E-state index contributed by atoms with van der Waals surface area (Å²) in [6.45, 7) is 2.72. The summed E-state index contributed by atoms with van der Waals surface area (Å²) in [4.78, 5) is 12.4. The first kappa shape index (κ1) is 19.8. The maximum atomic E-state index is 12.4. The Hall–Kier alpha value is -2.54. The van der Waals surface area contributed by atoms with Crippen LogP contribution in [0.25, 0.3) is 0 Å². The second-order valence-corrected chi connectivity index (χ2v) is 7.86. The van der Waals surface area contributed by atoms with Crippen LogP contribution in [0.2, 0.25) is 0 Å². The van der Waals surface area contributed by atoms with Crippen molar-refractivity contribution in [3.63, 3.8) is 0 Å². The van der Waals surface area contributed by atoms with E-state index in [4.69, 9.17) is 4.74 Å². The number of carbonyl (C=O) groups excluding carboxylic acids is 1. The van der Waals surface area contributed by atoms with Crippen LogP contribution >= 0.6 is 0 Å². The van der Waals surface area contributed by atoms with Gasteiger partial charge in [-0.2, -0.15) is 0 Å². The lowest BCUT2D eigenvalue weighted by molar-refractivity contribution is 0.0947. The number of amides is 1. The van der Waals surface area contributed by atoms with Crippen LogP contribution in [0.15, 0.2) is 48.5 Å². The van der Waals surface area contributed by atoms with E-state index in [-0.39, 0.29) is 5.91 Å². The molecule has 0 aliphatic heterocycles. The molecule has 0 spiro atoms. The van der Waals surface area contributed by atoms with E-state index in [2.05, 4.69) is 12.2 Å². The Labute approximate surface area is 154 Å². The second-order valence-electron chi connectivity index (χ2n) is 5.85. The highest BCUT2D eigenvalue weighted by atomic mass is 32.2. The summed E-state index contributed by atoms with van der Waals surface area (Å²) >= 11 is 0. The molecule has 26 heavy (non-hydrogen) atoms. The van der Waals surface area contributed by atoms with Gasteiger partial charge in [0.2, 0.25) is 10.0 Å². The average molecular weight is 376 g/mol. The number of sulfonamides is 1. The monoisotopic (exact) mass is 376 g/mol. The first-order valence-corrected chi connectivity index (χ1v) is 10.2. The van der Waals surface area contributed by atoms with E-state index in [1.165, 1.54) is 12.6 Å². The smallest absolute Gasteiger partial charge is 0.253 e. The van der Waals surface area contributed by atoms with Gasteiger partial charge in [0, 0.05) is 7.05 Å². The Bertz CT molecular complexity index is 848. The highest BCUT2D eigenvalue weighted by molar-refractivity contribution is 7.92. The number of nitrogens with one attached hydrogen (secondary N) is 1. The fraction of sp³-hybridized carbons (Fsp3) is 0.316. The second kappa shape index (κ2) is 8.71. The standard InChI is InChI=1S/C19H24N2O4S/c1-4-15-9-11-16(12-10-15)25-14-13-20-19(22)17-7-5-6-8-18(17)21(2)26(3,23)24/h5-12H,4,13-14H2,1-3H3,(H,20,22). The predicted molar refractivity (Wildman–Crippen MR) is 103 cm³/mol. The minimum absolute atomic E-state index is 0.299. The van der Waals surface area contributed by atoms with Gasteiger partial charge in [0.1, 0.15) is 12.4 Å². The van der Waals surface area contributed by atoms with Crippen molar-refractivity contribution >= 4 is 21.6 Å². The van der Waals surface area contributed by atoms with E-state index in [0.29, 0.717) is 24.4 Å². The molecule has 0 atom stereocenters.